The van der Waals surface area contributed by atoms with Gasteiger partial charge < -0.3 is 15.1 Å². The third-order valence-corrected chi connectivity index (χ3v) is 3.75. The van der Waals surface area contributed by atoms with E-state index in [1.54, 1.807) is 0 Å². The topological polar surface area (TPSA) is 44.3 Å². The van der Waals surface area contributed by atoms with Crippen LogP contribution >= 0.6 is 0 Å². The Morgan fingerprint density at radius 3 is 2.24 bits per heavy atom. The van der Waals surface area contributed by atoms with Crippen molar-refractivity contribution < 1.29 is 0 Å². The molecule has 5 nitrogen and oxygen atoms in total. The first-order valence-electron chi connectivity index (χ1n) is 8.23. The van der Waals surface area contributed by atoms with Gasteiger partial charge in [0.2, 0.25) is 0 Å². The van der Waals surface area contributed by atoms with Crippen LogP contribution in [0, 0.1) is 0 Å². The summed E-state index contributed by atoms with van der Waals surface area (Å²) in [7, 11) is 0. The summed E-state index contributed by atoms with van der Waals surface area (Å²) in [4.78, 5) is 13.8. The van der Waals surface area contributed by atoms with E-state index in [9.17, 15) is 0 Å². The van der Waals surface area contributed by atoms with Crippen LogP contribution in [0.2, 0.25) is 0 Å². The summed E-state index contributed by atoms with van der Waals surface area (Å²) in [6, 6.07) is 0. The van der Waals surface area contributed by atoms with Crippen molar-refractivity contribution in [3.63, 3.8) is 0 Å². The van der Waals surface area contributed by atoms with Crippen LogP contribution in [0.1, 0.15) is 39.8 Å². The van der Waals surface area contributed by atoms with Gasteiger partial charge in [-0.05, 0) is 39.5 Å². The zero-order valence-electron chi connectivity index (χ0n) is 14.1. The first-order chi connectivity index (χ1) is 10.2. The number of anilines is 1. The summed E-state index contributed by atoms with van der Waals surface area (Å²) in [6.07, 6.45) is 4.94. The van der Waals surface area contributed by atoms with Gasteiger partial charge in [0.25, 0.3) is 0 Å². The van der Waals surface area contributed by atoms with Crippen molar-refractivity contribution in [1.82, 2.24) is 20.2 Å². The highest BCUT2D eigenvalue weighted by molar-refractivity contribution is 5.35. The monoisotopic (exact) mass is 293 g/mol. The number of hydrogen-bond acceptors (Lipinski definition) is 5. The van der Waals surface area contributed by atoms with Crippen molar-refractivity contribution in [1.29, 1.82) is 0 Å². The summed E-state index contributed by atoms with van der Waals surface area (Å²) >= 11 is 0. The van der Waals surface area contributed by atoms with Crippen molar-refractivity contribution in [2.75, 3.05) is 44.2 Å². The molecule has 120 valence electrons. The molecule has 0 saturated carbocycles. The van der Waals surface area contributed by atoms with Gasteiger partial charge in [-0.25, -0.2) is 4.98 Å². The second-order valence-corrected chi connectivity index (χ2v) is 5.11. The minimum absolute atomic E-state index is 0.790. The van der Waals surface area contributed by atoms with Crippen LogP contribution in [0.25, 0.3) is 0 Å². The number of aromatic nitrogens is 2. The van der Waals surface area contributed by atoms with Crippen molar-refractivity contribution in [3.8, 4) is 0 Å². The molecule has 0 aliphatic rings. The highest BCUT2D eigenvalue weighted by atomic mass is 15.2. The van der Waals surface area contributed by atoms with Gasteiger partial charge in [0, 0.05) is 19.6 Å². The Labute approximate surface area is 129 Å². The van der Waals surface area contributed by atoms with E-state index in [1.165, 1.54) is 0 Å². The SMILES string of the molecule is CCNCc1cnc(N(CC)CCCN(CC)CC)cn1. The molecule has 0 fully saturated rings. The third-order valence-electron chi connectivity index (χ3n) is 3.75. The molecule has 0 aliphatic carbocycles. The highest BCUT2D eigenvalue weighted by Gasteiger charge is 2.07. The lowest BCUT2D eigenvalue weighted by atomic mass is 10.3. The molecule has 21 heavy (non-hydrogen) atoms. The van der Waals surface area contributed by atoms with Crippen molar-refractivity contribution in [2.45, 2.75) is 40.7 Å². The molecule has 1 rings (SSSR count). The standard InChI is InChI=1S/C16H31N5/c1-5-17-12-15-13-19-16(14-18-15)21(8-4)11-9-10-20(6-2)7-3/h13-14,17H,5-12H2,1-4H3. The van der Waals surface area contributed by atoms with Crippen molar-refractivity contribution in [3.05, 3.63) is 18.1 Å². The zero-order valence-corrected chi connectivity index (χ0v) is 14.1. The van der Waals surface area contributed by atoms with E-state index in [1.807, 2.05) is 12.4 Å². The van der Waals surface area contributed by atoms with Crippen LogP contribution in [-0.2, 0) is 6.54 Å². The first-order valence-corrected chi connectivity index (χ1v) is 8.23. The molecule has 0 amide bonds. The van der Waals surface area contributed by atoms with E-state index >= 15 is 0 Å². The van der Waals surface area contributed by atoms with Gasteiger partial charge in [-0.2, -0.15) is 0 Å². The smallest absolute Gasteiger partial charge is 0.147 e. The van der Waals surface area contributed by atoms with E-state index in [0.717, 1.165) is 63.7 Å². The Morgan fingerprint density at radius 1 is 0.952 bits per heavy atom. The second-order valence-electron chi connectivity index (χ2n) is 5.11. The molecule has 1 aromatic rings. The molecule has 0 radical (unpaired) electrons. The quantitative estimate of drug-likeness (QED) is 0.677. The maximum absolute atomic E-state index is 4.55. The van der Waals surface area contributed by atoms with Crippen LogP contribution in [0.15, 0.2) is 12.4 Å². The summed E-state index contributed by atoms with van der Waals surface area (Å²) in [5.74, 6) is 0.984. The summed E-state index contributed by atoms with van der Waals surface area (Å²) < 4.78 is 0. The van der Waals surface area contributed by atoms with Gasteiger partial charge >= 0.3 is 0 Å². The van der Waals surface area contributed by atoms with Gasteiger partial charge in [0.05, 0.1) is 18.1 Å². The number of nitrogens with zero attached hydrogens (tertiary/aromatic N) is 4. The third kappa shape index (κ3) is 6.40. The molecule has 1 N–H and O–H groups in total. The number of hydrogen-bond donors (Lipinski definition) is 1. The minimum atomic E-state index is 0.790. The fourth-order valence-corrected chi connectivity index (χ4v) is 2.32. The van der Waals surface area contributed by atoms with E-state index < -0.39 is 0 Å². The van der Waals surface area contributed by atoms with Crippen molar-refractivity contribution >= 4 is 5.82 Å². The predicted octanol–water partition coefficient (Wildman–Crippen LogP) is 2.14. The normalized spacial score (nSPS) is 11.1. The highest BCUT2D eigenvalue weighted by Crippen LogP contribution is 2.09. The summed E-state index contributed by atoms with van der Waals surface area (Å²) in [5, 5.41) is 3.27. The average molecular weight is 293 g/mol. The lowest BCUT2D eigenvalue weighted by molar-refractivity contribution is 0.300. The van der Waals surface area contributed by atoms with Gasteiger partial charge in [-0.3, -0.25) is 4.98 Å². The molecule has 5 heteroatoms. The molecule has 0 atom stereocenters. The zero-order chi connectivity index (χ0) is 15.5. The fraction of sp³-hybridized carbons (Fsp3) is 0.750. The van der Waals surface area contributed by atoms with Crippen LogP contribution < -0.4 is 10.2 Å². The predicted molar refractivity (Wildman–Crippen MR) is 89.7 cm³/mol. The van der Waals surface area contributed by atoms with Crippen LogP contribution in [-0.4, -0.2) is 54.1 Å². The molecule has 0 saturated heterocycles. The first kappa shape index (κ1) is 17.9. The molecule has 0 spiro atoms. The molecule has 0 bridgehead atoms. The number of rotatable bonds is 11. The lowest BCUT2D eigenvalue weighted by Gasteiger charge is -2.24. The van der Waals surface area contributed by atoms with Crippen molar-refractivity contribution in [2.24, 2.45) is 0 Å². The van der Waals surface area contributed by atoms with Crippen LogP contribution in [0.4, 0.5) is 5.82 Å². The Kier molecular flexibility index (Phi) is 8.94. The second kappa shape index (κ2) is 10.5. The fourth-order valence-electron chi connectivity index (χ4n) is 2.32. The molecule has 0 unspecified atom stereocenters. The molecule has 0 aromatic carbocycles. The summed E-state index contributed by atoms with van der Waals surface area (Å²) in [5.41, 5.74) is 1.000. The van der Waals surface area contributed by atoms with Gasteiger partial charge in [0.15, 0.2) is 0 Å². The Hall–Kier alpha value is -1.20. The van der Waals surface area contributed by atoms with Crippen LogP contribution in [0.3, 0.4) is 0 Å². The van der Waals surface area contributed by atoms with Gasteiger partial charge in [0.1, 0.15) is 5.82 Å². The van der Waals surface area contributed by atoms with E-state index in [2.05, 4.69) is 52.8 Å². The molecular weight excluding hydrogens is 262 g/mol. The maximum Gasteiger partial charge on any atom is 0.147 e. The van der Waals surface area contributed by atoms with Crippen LogP contribution in [0.5, 0.6) is 0 Å². The Morgan fingerprint density at radius 2 is 1.71 bits per heavy atom. The van der Waals surface area contributed by atoms with Gasteiger partial charge in [-0.1, -0.05) is 20.8 Å². The lowest BCUT2D eigenvalue weighted by Crippen LogP contribution is -2.30. The van der Waals surface area contributed by atoms with E-state index in [4.69, 9.17) is 0 Å². The largest absolute Gasteiger partial charge is 0.356 e. The maximum atomic E-state index is 4.55. The summed E-state index contributed by atoms with van der Waals surface area (Å²) in [6.45, 7) is 15.9. The molecule has 0 aliphatic heterocycles. The molecule has 1 aromatic heterocycles. The van der Waals surface area contributed by atoms with E-state index in [-0.39, 0.29) is 0 Å². The average Bonchev–Trinajstić information content (AvgIpc) is 2.54. The Balaban J connectivity index is 2.47. The molecule has 1 heterocycles. The minimum Gasteiger partial charge on any atom is -0.356 e. The Bertz CT molecular complexity index is 361. The molecular formula is C16H31N5. The van der Waals surface area contributed by atoms with E-state index in [0.29, 0.717) is 0 Å². The van der Waals surface area contributed by atoms with Gasteiger partial charge in [-0.15, -0.1) is 0 Å². The number of nitrogens with one attached hydrogen (secondary N) is 1.